The number of fused-ring (bicyclic) bond motifs is 1. The van der Waals surface area contributed by atoms with Gasteiger partial charge in [-0.2, -0.15) is 0 Å². The van der Waals surface area contributed by atoms with Gasteiger partial charge < -0.3 is 5.32 Å². The van der Waals surface area contributed by atoms with Gasteiger partial charge in [0.15, 0.2) is 0 Å². The zero-order valence-electron chi connectivity index (χ0n) is 11.0. The van der Waals surface area contributed by atoms with Crippen molar-refractivity contribution in [3.8, 4) is 0 Å². The molecule has 2 saturated heterocycles. The first kappa shape index (κ1) is 13.1. The minimum Gasteiger partial charge on any atom is -0.331 e. The zero-order valence-corrected chi connectivity index (χ0v) is 11.0. The topological polar surface area (TPSA) is 72.9 Å². The lowest BCUT2D eigenvalue weighted by atomic mass is 9.89. The number of carbonyl (C=O) groups excluding carboxylic acids is 2. The number of carbonyl (C=O) groups is 2. The van der Waals surface area contributed by atoms with Crippen LogP contribution in [0.5, 0.6) is 0 Å². The molecule has 2 aliphatic rings. The third-order valence-corrected chi connectivity index (χ3v) is 3.97. The van der Waals surface area contributed by atoms with Crippen LogP contribution in [0.1, 0.15) is 12.0 Å². The fourth-order valence-corrected chi connectivity index (χ4v) is 2.92. The van der Waals surface area contributed by atoms with Gasteiger partial charge in [-0.05, 0) is 18.5 Å². The lowest BCUT2D eigenvalue weighted by Crippen LogP contribution is -2.64. The molecular weight excluding hydrogens is 258 g/mol. The van der Waals surface area contributed by atoms with E-state index in [1.165, 1.54) is 5.56 Å². The first-order valence-electron chi connectivity index (χ1n) is 6.75. The molecule has 2 unspecified atom stereocenters. The van der Waals surface area contributed by atoms with Crippen LogP contribution in [0.3, 0.4) is 0 Å². The van der Waals surface area contributed by atoms with Crippen molar-refractivity contribution in [3.05, 3.63) is 35.9 Å². The molecule has 0 saturated carbocycles. The van der Waals surface area contributed by atoms with Crippen LogP contribution in [0.2, 0.25) is 0 Å². The number of rotatable bonds is 2. The second-order valence-electron chi connectivity index (χ2n) is 5.32. The van der Waals surface area contributed by atoms with Crippen LogP contribution in [-0.4, -0.2) is 46.2 Å². The van der Waals surface area contributed by atoms with Gasteiger partial charge in [-0.15, -0.1) is 5.06 Å². The first-order valence-corrected chi connectivity index (χ1v) is 6.75. The van der Waals surface area contributed by atoms with E-state index in [-0.39, 0.29) is 17.0 Å². The maximum Gasteiger partial charge on any atom is 0.348 e. The summed E-state index contributed by atoms with van der Waals surface area (Å²) in [4.78, 5) is 25.5. The molecule has 0 aliphatic carbocycles. The Morgan fingerprint density at radius 2 is 2.00 bits per heavy atom. The maximum atomic E-state index is 11.8. The van der Waals surface area contributed by atoms with Crippen LogP contribution in [-0.2, 0) is 11.3 Å². The summed E-state index contributed by atoms with van der Waals surface area (Å²) in [7, 11) is 0. The van der Waals surface area contributed by atoms with Crippen molar-refractivity contribution in [1.29, 1.82) is 0 Å². The Kier molecular flexibility index (Phi) is 3.42. The van der Waals surface area contributed by atoms with Crippen LogP contribution < -0.4 is 5.32 Å². The summed E-state index contributed by atoms with van der Waals surface area (Å²) in [5, 5.41) is 12.2. The highest BCUT2D eigenvalue weighted by Gasteiger charge is 2.43. The van der Waals surface area contributed by atoms with E-state index in [1.54, 1.807) is 0 Å². The van der Waals surface area contributed by atoms with Gasteiger partial charge in [0.05, 0.1) is 12.0 Å². The van der Waals surface area contributed by atoms with Gasteiger partial charge in [-0.1, -0.05) is 30.3 Å². The lowest BCUT2D eigenvalue weighted by molar-refractivity contribution is -0.164. The summed E-state index contributed by atoms with van der Waals surface area (Å²) < 4.78 is 0. The molecule has 2 atom stereocenters. The molecule has 2 fully saturated rings. The summed E-state index contributed by atoms with van der Waals surface area (Å²) >= 11 is 0. The fourth-order valence-electron chi connectivity index (χ4n) is 2.92. The number of hydroxylamine groups is 2. The number of hydrogen-bond acceptors (Lipinski definition) is 4. The number of nitrogens with one attached hydrogen (secondary N) is 1. The van der Waals surface area contributed by atoms with E-state index in [9.17, 15) is 14.8 Å². The highest BCUT2D eigenvalue weighted by molar-refractivity contribution is 5.97. The molecule has 20 heavy (non-hydrogen) atoms. The van der Waals surface area contributed by atoms with Gasteiger partial charge in [0.2, 0.25) is 0 Å². The van der Waals surface area contributed by atoms with Gasteiger partial charge in [-0.3, -0.25) is 14.9 Å². The zero-order chi connectivity index (χ0) is 14.1. The van der Waals surface area contributed by atoms with Crippen LogP contribution in [0, 0.1) is 5.92 Å². The molecule has 1 aromatic rings. The Balaban J connectivity index is 1.66. The quantitative estimate of drug-likeness (QED) is 0.784. The van der Waals surface area contributed by atoms with Gasteiger partial charge >= 0.3 is 6.03 Å². The van der Waals surface area contributed by atoms with Crippen molar-refractivity contribution in [1.82, 2.24) is 15.3 Å². The minimum absolute atomic E-state index is 0.202. The average molecular weight is 275 g/mol. The van der Waals surface area contributed by atoms with Crippen molar-refractivity contribution < 1.29 is 14.8 Å². The summed E-state index contributed by atoms with van der Waals surface area (Å²) in [6.45, 7) is 2.22. The van der Waals surface area contributed by atoms with Gasteiger partial charge in [0.1, 0.15) is 0 Å². The minimum atomic E-state index is -0.724. The number of nitrogens with zero attached hydrogens (tertiary/aromatic N) is 2. The van der Waals surface area contributed by atoms with Gasteiger partial charge in [-0.25, -0.2) is 4.79 Å². The summed E-state index contributed by atoms with van der Waals surface area (Å²) in [6, 6.07) is 9.16. The largest absolute Gasteiger partial charge is 0.348 e. The highest BCUT2D eigenvalue weighted by Crippen LogP contribution is 2.24. The van der Waals surface area contributed by atoms with Crippen molar-refractivity contribution in [3.63, 3.8) is 0 Å². The third-order valence-electron chi connectivity index (χ3n) is 3.97. The smallest absolute Gasteiger partial charge is 0.331 e. The first-order chi connectivity index (χ1) is 9.65. The molecule has 0 aromatic heterocycles. The molecule has 3 rings (SSSR count). The number of amides is 3. The number of urea groups is 1. The van der Waals surface area contributed by atoms with Crippen LogP contribution in [0.4, 0.5) is 4.79 Å². The SMILES string of the molecule is O=C1NC2CN(Cc3ccccc3)CCC2C(=O)N1O. The van der Waals surface area contributed by atoms with Gasteiger partial charge in [0, 0.05) is 13.1 Å². The highest BCUT2D eigenvalue weighted by atomic mass is 16.5. The van der Waals surface area contributed by atoms with E-state index in [2.05, 4.69) is 22.3 Å². The Morgan fingerprint density at radius 1 is 1.25 bits per heavy atom. The van der Waals surface area contributed by atoms with E-state index >= 15 is 0 Å². The van der Waals surface area contributed by atoms with E-state index in [0.29, 0.717) is 13.0 Å². The van der Waals surface area contributed by atoms with Crippen LogP contribution in [0.25, 0.3) is 0 Å². The third kappa shape index (κ3) is 2.39. The number of likely N-dealkylation sites (tertiary alicyclic amines) is 1. The lowest BCUT2D eigenvalue weighted by Gasteiger charge is -2.41. The van der Waals surface area contributed by atoms with E-state index in [1.807, 2.05) is 18.2 Å². The van der Waals surface area contributed by atoms with Crippen molar-refractivity contribution >= 4 is 11.9 Å². The van der Waals surface area contributed by atoms with Crippen molar-refractivity contribution in [2.75, 3.05) is 13.1 Å². The normalized spacial score (nSPS) is 27.1. The predicted octanol–water partition coefficient (Wildman–Crippen LogP) is 0.818. The Labute approximate surface area is 116 Å². The van der Waals surface area contributed by atoms with Crippen molar-refractivity contribution in [2.45, 2.75) is 19.0 Å². The monoisotopic (exact) mass is 275 g/mol. The summed E-state index contributed by atoms with van der Waals surface area (Å²) in [5.41, 5.74) is 1.21. The average Bonchev–Trinajstić information content (AvgIpc) is 2.46. The van der Waals surface area contributed by atoms with Gasteiger partial charge in [0.25, 0.3) is 5.91 Å². The van der Waals surface area contributed by atoms with Crippen LogP contribution >= 0.6 is 0 Å². The molecule has 0 spiro atoms. The Bertz CT molecular complexity index is 520. The van der Waals surface area contributed by atoms with Crippen molar-refractivity contribution in [2.24, 2.45) is 5.92 Å². The molecule has 0 radical (unpaired) electrons. The second-order valence-corrected chi connectivity index (χ2v) is 5.32. The van der Waals surface area contributed by atoms with E-state index < -0.39 is 11.9 Å². The molecule has 3 amide bonds. The second kappa shape index (κ2) is 5.22. The number of imide groups is 1. The molecule has 6 heteroatoms. The number of piperidine rings is 1. The van der Waals surface area contributed by atoms with Crippen LogP contribution in [0.15, 0.2) is 30.3 Å². The summed E-state index contributed by atoms with van der Waals surface area (Å²) in [5.74, 6) is -0.803. The Morgan fingerprint density at radius 3 is 2.75 bits per heavy atom. The summed E-state index contributed by atoms with van der Waals surface area (Å²) in [6.07, 6.45) is 0.647. The molecular formula is C14H17N3O3. The molecule has 2 aliphatic heterocycles. The Hall–Kier alpha value is -1.92. The molecule has 6 nitrogen and oxygen atoms in total. The molecule has 0 bridgehead atoms. The van der Waals surface area contributed by atoms with E-state index in [4.69, 9.17) is 0 Å². The molecule has 2 heterocycles. The number of benzene rings is 1. The predicted molar refractivity (Wildman–Crippen MR) is 70.8 cm³/mol. The fraction of sp³-hybridized carbons (Fsp3) is 0.429. The standard InChI is InChI=1S/C14H17N3O3/c18-13-11-6-7-16(8-10-4-2-1-3-5-10)9-12(11)15-14(19)17(13)20/h1-5,11-12,20H,6-9H2,(H,15,19). The molecule has 106 valence electrons. The molecule has 2 N–H and O–H groups in total. The molecule has 1 aromatic carbocycles. The maximum absolute atomic E-state index is 11.8. The van der Waals surface area contributed by atoms with E-state index in [0.717, 1.165) is 13.1 Å². The number of hydrogen-bond donors (Lipinski definition) is 2.